The van der Waals surface area contributed by atoms with E-state index in [1.54, 1.807) is 26.4 Å². The lowest BCUT2D eigenvalue weighted by molar-refractivity contribution is 0.0950. The van der Waals surface area contributed by atoms with Gasteiger partial charge in [0.15, 0.2) is 11.5 Å². The van der Waals surface area contributed by atoms with E-state index >= 15 is 0 Å². The highest BCUT2D eigenvalue weighted by Crippen LogP contribution is 2.33. The second-order valence-corrected chi connectivity index (χ2v) is 8.39. The van der Waals surface area contributed by atoms with Crippen molar-refractivity contribution < 1.29 is 18.7 Å². The van der Waals surface area contributed by atoms with Crippen LogP contribution in [0.25, 0.3) is 11.5 Å². The van der Waals surface area contributed by atoms with Crippen molar-refractivity contribution in [2.75, 3.05) is 14.2 Å². The highest BCUT2D eigenvalue weighted by molar-refractivity contribution is 7.98. The molecule has 2 aromatic carbocycles. The van der Waals surface area contributed by atoms with Crippen molar-refractivity contribution in [2.24, 2.45) is 0 Å². The summed E-state index contributed by atoms with van der Waals surface area (Å²) >= 11 is 2.55. The second-order valence-electron chi connectivity index (χ2n) is 6.40. The molecule has 1 amide bonds. The van der Waals surface area contributed by atoms with Crippen molar-refractivity contribution in [3.05, 3.63) is 64.1 Å². The van der Waals surface area contributed by atoms with Gasteiger partial charge in [-0.25, -0.2) is 0 Å². The Morgan fingerprint density at radius 1 is 1.03 bits per heavy atom. The van der Waals surface area contributed by atoms with Gasteiger partial charge >= 0.3 is 0 Å². The highest BCUT2D eigenvalue weighted by atomic mass is 32.2. The molecule has 2 aromatic heterocycles. The Balaban J connectivity index is 1.33. The molecule has 0 radical (unpaired) electrons. The maximum atomic E-state index is 12.3. The number of benzene rings is 2. The van der Waals surface area contributed by atoms with Crippen LogP contribution in [-0.4, -0.2) is 40.5 Å². The zero-order chi connectivity index (χ0) is 22.3. The maximum absolute atomic E-state index is 12.3. The number of amides is 1. The minimum absolute atomic E-state index is 0.254. The lowest BCUT2D eigenvalue weighted by Crippen LogP contribution is -2.22. The Kier molecular flexibility index (Phi) is 6.97. The fourth-order valence-corrected chi connectivity index (χ4v) is 4.24. The molecule has 0 spiro atoms. The van der Waals surface area contributed by atoms with Gasteiger partial charge < -0.3 is 19.2 Å². The summed E-state index contributed by atoms with van der Waals surface area (Å²) in [6.45, 7) is 0.435. The molecule has 4 rings (SSSR count). The highest BCUT2D eigenvalue weighted by Gasteiger charge is 2.16. The second kappa shape index (κ2) is 10.2. The van der Waals surface area contributed by atoms with E-state index in [1.807, 2.05) is 36.4 Å². The first kappa shape index (κ1) is 21.8. The fourth-order valence-electron chi connectivity index (χ4n) is 2.73. The van der Waals surface area contributed by atoms with E-state index in [2.05, 4.69) is 25.7 Å². The molecule has 0 saturated carbocycles. The number of aromatic nitrogens is 4. The van der Waals surface area contributed by atoms with Crippen LogP contribution in [0.4, 0.5) is 0 Å². The van der Waals surface area contributed by atoms with Gasteiger partial charge in [0.2, 0.25) is 10.9 Å². The van der Waals surface area contributed by atoms with Gasteiger partial charge in [0.25, 0.3) is 11.1 Å². The Morgan fingerprint density at radius 2 is 1.84 bits per heavy atom. The molecule has 0 aliphatic heterocycles. The SMILES string of the molecule is COc1ccc(-c2nnc(SCc3nnc(C(=O)NCc4ccccc4)s3)o2)cc1OC. The molecule has 0 atom stereocenters. The van der Waals surface area contributed by atoms with Crippen LogP contribution in [0.2, 0.25) is 0 Å². The molecule has 0 aliphatic carbocycles. The van der Waals surface area contributed by atoms with Crippen LogP contribution in [0.15, 0.2) is 58.2 Å². The van der Waals surface area contributed by atoms with E-state index in [1.165, 1.54) is 23.1 Å². The van der Waals surface area contributed by atoms with Crippen LogP contribution < -0.4 is 14.8 Å². The number of nitrogens with zero attached hydrogens (tertiary/aromatic N) is 4. The monoisotopic (exact) mass is 469 g/mol. The van der Waals surface area contributed by atoms with Crippen molar-refractivity contribution in [2.45, 2.75) is 17.5 Å². The van der Waals surface area contributed by atoms with Gasteiger partial charge in [-0.1, -0.05) is 53.4 Å². The zero-order valence-corrected chi connectivity index (χ0v) is 18.9. The van der Waals surface area contributed by atoms with Gasteiger partial charge in [0.05, 0.1) is 20.0 Å². The summed E-state index contributed by atoms with van der Waals surface area (Å²) in [6.07, 6.45) is 0. The molecule has 0 bridgehead atoms. The van der Waals surface area contributed by atoms with Crippen molar-refractivity contribution in [3.8, 4) is 23.0 Å². The normalized spacial score (nSPS) is 10.7. The van der Waals surface area contributed by atoms with Gasteiger partial charge in [-0.05, 0) is 23.8 Å². The van der Waals surface area contributed by atoms with Gasteiger partial charge in [-0.3, -0.25) is 4.79 Å². The molecule has 0 aliphatic rings. The minimum atomic E-state index is -0.254. The predicted molar refractivity (Wildman–Crippen MR) is 120 cm³/mol. The van der Waals surface area contributed by atoms with E-state index in [0.717, 1.165) is 11.1 Å². The third-order valence-electron chi connectivity index (χ3n) is 4.31. The van der Waals surface area contributed by atoms with Crippen molar-refractivity contribution in [3.63, 3.8) is 0 Å². The van der Waals surface area contributed by atoms with Crippen LogP contribution in [-0.2, 0) is 12.3 Å². The zero-order valence-electron chi connectivity index (χ0n) is 17.3. The number of nitrogens with one attached hydrogen (secondary N) is 1. The fraction of sp³-hybridized carbons (Fsp3) is 0.190. The summed E-state index contributed by atoms with van der Waals surface area (Å²) in [5, 5.41) is 20.4. The van der Waals surface area contributed by atoms with Crippen LogP contribution >= 0.6 is 23.1 Å². The Bertz CT molecular complexity index is 1200. The average molecular weight is 470 g/mol. The molecular formula is C21H19N5O4S2. The first-order valence-corrected chi connectivity index (χ1v) is 11.3. The number of ether oxygens (including phenoxy) is 2. The van der Waals surface area contributed by atoms with Crippen LogP contribution in [0.3, 0.4) is 0 Å². The van der Waals surface area contributed by atoms with Crippen LogP contribution in [0, 0.1) is 0 Å². The number of thioether (sulfide) groups is 1. The predicted octanol–water partition coefficient (Wildman–Crippen LogP) is 3.83. The molecule has 1 N–H and O–H groups in total. The number of carbonyl (C=O) groups is 1. The summed E-state index contributed by atoms with van der Waals surface area (Å²) in [7, 11) is 3.14. The van der Waals surface area contributed by atoms with Crippen molar-refractivity contribution in [1.29, 1.82) is 0 Å². The number of hydrogen-bond acceptors (Lipinski definition) is 10. The molecule has 4 aromatic rings. The van der Waals surface area contributed by atoms with Gasteiger partial charge in [0.1, 0.15) is 5.01 Å². The number of methoxy groups -OCH3 is 2. The molecule has 0 unspecified atom stereocenters. The topological polar surface area (TPSA) is 112 Å². The molecule has 164 valence electrons. The van der Waals surface area contributed by atoms with E-state index in [9.17, 15) is 4.79 Å². The molecule has 2 heterocycles. The van der Waals surface area contributed by atoms with Gasteiger partial charge in [-0.2, -0.15) is 0 Å². The lowest BCUT2D eigenvalue weighted by atomic mass is 10.2. The summed E-state index contributed by atoms with van der Waals surface area (Å²) < 4.78 is 16.3. The summed E-state index contributed by atoms with van der Waals surface area (Å²) in [5.41, 5.74) is 1.73. The molecule has 11 heteroatoms. The number of rotatable bonds is 9. The summed E-state index contributed by atoms with van der Waals surface area (Å²) in [4.78, 5) is 12.3. The number of hydrogen-bond donors (Lipinski definition) is 1. The largest absolute Gasteiger partial charge is 0.493 e. The van der Waals surface area contributed by atoms with Gasteiger partial charge in [0, 0.05) is 12.1 Å². The van der Waals surface area contributed by atoms with Crippen molar-refractivity contribution in [1.82, 2.24) is 25.7 Å². The summed E-state index contributed by atoms with van der Waals surface area (Å²) in [6, 6.07) is 15.0. The Hall–Kier alpha value is -3.44. The molecular weight excluding hydrogens is 450 g/mol. The van der Waals surface area contributed by atoms with E-state index < -0.39 is 0 Å². The third kappa shape index (κ3) is 5.24. The Morgan fingerprint density at radius 3 is 2.62 bits per heavy atom. The first-order valence-electron chi connectivity index (χ1n) is 9.49. The number of carbonyl (C=O) groups excluding carboxylic acids is 1. The standard InChI is InChI=1S/C21H19N5O4S2/c1-28-15-9-8-14(10-16(15)29-2)19-24-26-21(30-19)31-12-17-23-25-20(32-17)18(27)22-11-13-6-4-3-5-7-13/h3-10H,11-12H2,1-2H3,(H,22,27). The third-order valence-corrected chi connectivity index (χ3v) is 6.25. The molecule has 32 heavy (non-hydrogen) atoms. The van der Waals surface area contributed by atoms with Gasteiger partial charge in [-0.15, -0.1) is 20.4 Å². The van der Waals surface area contributed by atoms with E-state index in [4.69, 9.17) is 13.9 Å². The average Bonchev–Trinajstić information content (AvgIpc) is 3.51. The first-order chi connectivity index (χ1) is 15.7. The van der Waals surface area contributed by atoms with Crippen LogP contribution in [0.1, 0.15) is 20.4 Å². The minimum Gasteiger partial charge on any atom is -0.493 e. The molecule has 9 nitrogen and oxygen atoms in total. The van der Waals surface area contributed by atoms with Crippen molar-refractivity contribution >= 4 is 29.0 Å². The van der Waals surface area contributed by atoms with E-state index in [0.29, 0.717) is 44.9 Å². The summed E-state index contributed by atoms with van der Waals surface area (Å²) in [5.74, 6) is 1.76. The Labute approximate surface area is 192 Å². The quantitative estimate of drug-likeness (QED) is 0.365. The maximum Gasteiger partial charge on any atom is 0.282 e. The molecule has 0 saturated heterocycles. The smallest absolute Gasteiger partial charge is 0.282 e. The lowest BCUT2D eigenvalue weighted by Gasteiger charge is -2.07. The van der Waals surface area contributed by atoms with Crippen LogP contribution in [0.5, 0.6) is 11.5 Å². The molecule has 0 fully saturated rings. The van der Waals surface area contributed by atoms with E-state index in [-0.39, 0.29) is 5.91 Å².